The van der Waals surface area contributed by atoms with Crippen molar-refractivity contribution in [1.82, 2.24) is 0 Å². The molecule has 0 aliphatic heterocycles. The van der Waals surface area contributed by atoms with Gasteiger partial charge in [-0.05, 0) is 13.0 Å². The Morgan fingerprint density at radius 3 is 2.46 bits per heavy atom. The van der Waals surface area contributed by atoms with Crippen LogP contribution in [0.15, 0.2) is 11.6 Å². The summed E-state index contributed by atoms with van der Waals surface area (Å²) in [4.78, 5) is 19.9. The second kappa shape index (κ2) is 4.56. The van der Waals surface area contributed by atoms with E-state index in [2.05, 4.69) is 4.74 Å². The van der Waals surface area contributed by atoms with Crippen molar-refractivity contribution in [2.24, 2.45) is 5.73 Å². The first kappa shape index (κ1) is 12.4. The topological polar surface area (TPSA) is 89.6 Å². The summed E-state index contributed by atoms with van der Waals surface area (Å²) in [6.45, 7) is 2.61. The number of carbonyl (C=O) groups is 1. The minimum Gasteiger partial charge on any atom is -0.466 e. The van der Waals surface area contributed by atoms with E-state index in [4.69, 9.17) is 10.6 Å². The van der Waals surface area contributed by atoms with E-state index in [1.54, 1.807) is 0 Å². The van der Waals surface area contributed by atoms with Crippen LogP contribution in [-0.2, 0) is 14.1 Å². The molecule has 0 aliphatic rings. The number of carbonyl (C=O) groups excluding carboxylic acids is 1. The Kier molecular flexibility index (Phi) is 4.33. The van der Waals surface area contributed by atoms with Crippen LogP contribution in [0.2, 0.25) is 0 Å². The molecule has 0 aromatic rings. The van der Waals surface area contributed by atoms with Gasteiger partial charge in [0.25, 0.3) is 0 Å². The van der Waals surface area contributed by atoms with E-state index in [1.807, 2.05) is 0 Å². The van der Waals surface area contributed by atoms with Crippen LogP contribution >= 0.6 is 7.37 Å². The van der Waals surface area contributed by atoms with E-state index < -0.39 is 19.1 Å². The second-order valence-electron chi connectivity index (χ2n) is 2.78. The number of rotatable bonds is 3. The Balaban J connectivity index is 4.58. The third-order valence-corrected chi connectivity index (χ3v) is 2.74. The maximum atomic E-state index is 11.0. The van der Waals surface area contributed by atoms with Gasteiger partial charge in [0.15, 0.2) is 0 Å². The molecule has 2 unspecified atom stereocenters. The second-order valence-corrected chi connectivity index (χ2v) is 5.26. The average molecular weight is 207 g/mol. The van der Waals surface area contributed by atoms with Crippen LogP contribution in [0.1, 0.15) is 6.92 Å². The summed E-state index contributed by atoms with van der Waals surface area (Å²) in [6, 6.07) is 0. The molecule has 0 rings (SSSR count). The van der Waals surface area contributed by atoms with Crippen molar-refractivity contribution in [3.05, 3.63) is 11.6 Å². The summed E-state index contributed by atoms with van der Waals surface area (Å²) in [6.07, 6.45) is 1.23. The number of hydrogen-bond donors (Lipinski definition) is 2. The van der Waals surface area contributed by atoms with Gasteiger partial charge in [0.2, 0.25) is 7.37 Å². The summed E-state index contributed by atoms with van der Waals surface area (Å²) < 4.78 is 15.4. The Morgan fingerprint density at radius 2 is 2.15 bits per heavy atom. The van der Waals surface area contributed by atoms with E-state index in [-0.39, 0.29) is 5.57 Å². The molecular formula is C7H14NO4P. The molecule has 76 valence electrons. The predicted molar refractivity (Wildman–Crippen MR) is 49.5 cm³/mol. The van der Waals surface area contributed by atoms with Gasteiger partial charge in [-0.3, -0.25) is 4.57 Å². The Bertz CT molecular complexity index is 268. The fraction of sp³-hybridized carbons (Fsp3) is 0.571. The van der Waals surface area contributed by atoms with E-state index >= 15 is 0 Å². The van der Waals surface area contributed by atoms with Gasteiger partial charge in [-0.2, -0.15) is 0 Å². The van der Waals surface area contributed by atoms with Crippen LogP contribution in [0.4, 0.5) is 0 Å². The number of esters is 1. The van der Waals surface area contributed by atoms with Gasteiger partial charge in [0, 0.05) is 12.2 Å². The molecule has 0 bridgehead atoms. The first-order valence-electron chi connectivity index (χ1n) is 3.61. The SMILES string of the molecule is COC(=O)/C(C)=C\C(N)P(C)(=O)O. The summed E-state index contributed by atoms with van der Waals surface area (Å²) in [5.41, 5.74) is 5.57. The van der Waals surface area contributed by atoms with E-state index in [1.165, 1.54) is 20.1 Å². The number of ether oxygens (including phenoxy) is 1. The first-order valence-corrected chi connectivity index (χ1v) is 5.79. The summed E-state index contributed by atoms with van der Waals surface area (Å²) in [7, 11) is -2.14. The smallest absolute Gasteiger partial charge is 0.333 e. The van der Waals surface area contributed by atoms with Crippen molar-refractivity contribution in [3.8, 4) is 0 Å². The molecule has 0 fully saturated rings. The van der Waals surface area contributed by atoms with E-state index in [0.717, 1.165) is 6.66 Å². The summed E-state index contributed by atoms with van der Waals surface area (Å²) >= 11 is 0. The third-order valence-electron chi connectivity index (χ3n) is 1.48. The van der Waals surface area contributed by atoms with Crippen LogP contribution in [0, 0.1) is 0 Å². The van der Waals surface area contributed by atoms with Crippen LogP contribution in [0.25, 0.3) is 0 Å². The third kappa shape index (κ3) is 4.22. The monoisotopic (exact) mass is 207 g/mol. The normalized spacial score (nSPS) is 19.0. The van der Waals surface area contributed by atoms with E-state index in [0.29, 0.717) is 0 Å². The molecule has 13 heavy (non-hydrogen) atoms. The van der Waals surface area contributed by atoms with Gasteiger partial charge in [-0.25, -0.2) is 4.79 Å². The lowest BCUT2D eigenvalue weighted by Crippen LogP contribution is -2.18. The first-order chi connectivity index (χ1) is 5.79. The van der Waals surface area contributed by atoms with Crippen molar-refractivity contribution in [1.29, 1.82) is 0 Å². The zero-order valence-electron chi connectivity index (χ0n) is 7.85. The molecular weight excluding hydrogens is 193 g/mol. The van der Waals surface area contributed by atoms with Gasteiger partial charge < -0.3 is 15.4 Å². The number of methoxy groups -OCH3 is 1. The quantitative estimate of drug-likeness (QED) is 0.394. The molecule has 3 N–H and O–H groups in total. The lowest BCUT2D eigenvalue weighted by atomic mass is 10.3. The fourth-order valence-electron chi connectivity index (χ4n) is 0.623. The molecule has 0 radical (unpaired) electrons. The summed E-state index contributed by atoms with van der Waals surface area (Å²) in [5.74, 6) is -1.57. The highest BCUT2D eigenvalue weighted by molar-refractivity contribution is 7.58. The van der Waals surface area contributed by atoms with Gasteiger partial charge in [-0.15, -0.1) is 0 Å². The molecule has 0 aromatic heterocycles. The van der Waals surface area contributed by atoms with Gasteiger partial charge in [0.05, 0.1) is 7.11 Å². The molecule has 6 heteroatoms. The standard InChI is InChI=1S/C7H14NO4P/c1-5(7(9)12-2)4-6(8)13(3,10)11/h4,6H,8H2,1-3H3,(H,10,11)/b5-4-. The Hall–Kier alpha value is -0.640. The zero-order valence-corrected chi connectivity index (χ0v) is 8.75. The van der Waals surface area contributed by atoms with Crippen molar-refractivity contribution in [2.75, 3.05) is 13.8 Å². The lowest BCUT2D eigenvalue weighted by molar-refractivity contribution is -0.136. The molecule has 0 amide bonds. The lowest BCUT2D eigenvalue weighted by Gasteiger charge is -2.11. The molecule has 0 aliphatic carbocycles. The zero-order chi connectivity index (χ0) is 10.6. The molecule has 5 nitrogen and oxygen atoms in total. The maximum Gasteiger partial charge on any atom is 0.333 e. The molecule has 0 saturated heterocycles. The van der Waals surface area contributed by atoms with Crippen molar-refractivity contribution >= 4 is 13.3 Å². The Labute approximate surface area is 77.0 Å². The van der Waals surface area contributed by atoms with Gasteiger partial charge in [-0.1, -0.05) is 0 Å². The largest absolute Gasteiger partial charge is 0.466 e. The van der Waals surface area contributed by atoms with Crippen molar-refractivity contribution in [2.45, 2.75) is 12.7 Å². The average Bonchev–Trinajstić information content (AvgIpc) is 2.01. The van der Waals surface area contributed by atoms with Crippen LogP contribution < -0.4 is 5.73 Å². The van der Waals surface area contributed by atoms with Crippen LogP contribution in [0.3, 0.4) is 0 Å². The number of hydrogen-bond acceptors (Lipinski definition) is 4. The highest BCUT2D eigenvalue weighted by atomic mass is 31.2. The van der Waals surface area contributed by atoms with Crippen LogP contribution in [-0.4, -0.2) is 30.4 Å². The van der Waals surface area contributed by atoms with Crippen LogP contribution in [0.5, 0.6) is 0 Å². The molecule has 0 aromatic carbocycles. The fourth-order valence-corrected chi connectivity index (χ4v) is 1.12. The maximum absolute atomic E-state index is 11.0. The molecule has 0 saturated carbocycles. The molecule has 0 heterocycles. The van der Waals surface area contributed by atoms with Crippen molar-refractivity contribution < 1.29 is 19.0 Å². The Morgan fingerprint density at radius 1 is 1.69 bits per heavy atom. The van der Waals surface area contributed by atoms with Gasteiger partial charge >= 0.3 is 5.97 Å². The minimum atomic E-state index is -3.37. The highest BCUT2D eigenvalue weighted by Crippen LogP contribution is 2.39. The highest BCUT2D eigenvalue weighted by Gasteiger charge is 2.20. The van der Waals surface area contributed by atoms with Crippen molar-refractivity contribution in [3.63, 3.8) is 0 Å². The van der Waals surface area contributed by atoms with E-state index in [9.17, 15) is 9.36 Å². The minimum absolute atomic E-state index is 0.228. The summed E-state index contributed by atoms with van der Waals surface area (Å²) in [5, 5.41) is 0. The van der Waals surface area contributed by atoms with Gasteiger partial charge in [0.1, 0.15) is 5.78 Å². The predicted octanol–water partition coefficient (Wildman–Crippen LogP) is 0.291. The molecule has 2 atom stereocenters. The molecule has 0 spiro atoms. The number of nitrogens with two attached hydrogens (primary N) is 1.